The average Bonchev–Trinajstić information content (AvgIpc) is 2.93. The molecule has 3 N–H and O–H groups in total. The summed E-state index contributed by atoms with van der Waals surface area (Å²) in [5.41, 5.74) is 1.25. The van der Waals surface area contributed by atoms with Crippen LogP contribution in [0.25, 0.3) is 0 Å². The number of benzene rings is 1. The molecule has 21 heavy (non-hydrogen) atoms. The van der Waals surface area contributed by atoms with Gasteiger partial charge in [-0.15, -0.1) is 0 Å². The lowest BCUT2D eigenvalue weighted by molar-refractivity contribution is -0.142. The Morgan fingerprint density at radius 2 is 1.95 bits per heavy atom. The van der Waals surface area contributed by atoms with Crippen LogP contribution in [0, 0.1) is 5.92 Å². The van der Waals surface area contributed by atoms with Gasteiger partial charge in [0.2, 0.25) is 0 Å². The van der Waals surface area contributed by atoms with Crippen LogP contribution in [0.15, 0.2) is 30.3 Å². The van der Waals surface area contributed by atoms with Gasteiger partial charge in [0, 0.05) is 12.6 Å². The highest BCUT2D eigenvalue weighted by atomic mass is 16.4. The zero-order valence-corrected chi connectivity index (χ0v) is 12.0. The van der Waals surface area contributed by atoms with Crippen molar-refractivity contribution in [1.82, 2.24) is 10.6 Å². The summed E-state index contributed by atoms with van der Waals surface area (Å²) >= 11 is 0. The molecule has 1 aliphatic carbocycles. The number of carboxylic acid groups (broad SMARTS) is 1. The lowest BCUT2D eigenvalue weighted by Crippen LogP contribution is -2.45. The van der Waals surface area contributed by atoms with Crippen molar-refractivity contribution in [3.8, 4) is 0 Å². The van der Waals surface area contributed by atoms with Crippen LogP contribution in [0.5, 0.6) is 0 Å². The summed E-state index contributed by atoms with van der Waals surface area (Å²) in [4.78, 5) is 22.8. The minimum Gasteiger partial charge on any atom is -0.481 e. The summed E-state index contributed by atoms with van der Waals surface area (Å²) in [6, 6.07) is 9.61. The maximum atomic E-state index is 11.8. The van der Waals surface area contributed by atoms with Gasteiger partial charge in [-0.2, -0.15) is 0 Å². The molecule has 1 fully saturated rings. The fraction of sp³-hybridized carbons (Fsp3) is 0.500. The number of carbonyl (C=O) groups is 2. The first-order valence-corrected chi connectivity index (χ1v) is 7.48. The third-order valence-electron chi connectivity index (χ3n) is 3.92. The Labute approximate surface area is 124 Å². The summed E-state index contributed by atoms with van der Waals surface area (Å²) in [6.07, 6.45) is 4.03. The van der Waals surface area contributed by atoms with Gasteiger partial charge >= 0.3 is 12.0 Å². The van der Waals surface area contributed by atoms with Crippen molar-refractivity contribution in [3.05, 3.63) is 35.9 Å². The van der Waals surface area contributed by atoms with Crippen LogP contribution in [0.3, 0.4) is 0 Å². The van der Waals surface area contributed by atoms with E-state index >= 15 is 0 Å². The molecule has 0 aromatic heterocycles. The smallest absolute Gasteiger partial charge is 0.315 e. The second kappa shape index (κ2) is 7.67. The van der Waals surface area contributed by atoms with Crippen molar-refractivity contribution in [2.24, 2.45) is 5.92 Å². The lowest BCUT2D eigenvalue weighted by Gasteiger charge is -2.17. The lowest BCUT2D eigenvalue weighted by atomic mass is 10.0. The van der Waals surface area contributed by atoms with Gasteiger partial charge in [-0.05, 0) is 31.2 Å². The molecule has 1 aromatic carbocycles. The molecule has 0 spiro atoms. The molecule has 0 bridgehead atoms. The van der Waals surface area contributed by atoms with Gasteiger partial charge in [0.25, 0.3) is 0 Å². The number of urea groups is 1. The minimum atomic E-state index is -0.818. The fourth-order valence-corrected chi connectivity index (χ4v) is 2.79. The van der Waals surface area contributed by atoms with E-state index in [1.54, 1.807) is 0 Å². The van der Waals surface area contributed by atoms with Gasteiger partial charge < -0.3 is 15.7 Å². The molecular weight excluding hydrogens is 268 g/mol. The molecule has 114 valence electrons. The number of carbonyl (C=O) groups excluding carboxylic acids is 1. The Hall–Kier alpha value is -2.04. The van der Waals surface area contributed by atoms with Crippen LogP contribution in [0.4, 0.5) is 4.79 Å². The van der Waals surface area contributed by atoms with E-state index in [2.05, 4.69) is 22.8 Å². The highest BCUT2D eigenvalue weighted by Gasteiger charge is 2.33. The highest BCUT2D eigenvalue weighted by molar-refractivity contribution is 5.76. The summed E-state index contributed by atoms with van der Waals surface area (Å²) in [7, 11) is 0. The number of aliphatic carboxylic acids is 1. The second-order valence-corrected chi connectivity index (χ2v) is 5.47. The van der Waals surface area contributed by atoms with Gasteiger partial charge in [-0.1, -0.05) is 36.8 Å². The van der Waals surface area contributed by atoms with Gasteiger partial charge in [0.05, 0.1) is 5.92 Å². The quantitative estimate of drug-likeness (QED) is 0.703. The zero-order valence-electron chi connectivity index (χ0n) is 12.0. The van der Waals surface area contributed by atoms with Crippen LogP contribution in [-0.2, 0) is 11.2 Å². The van der Waals surface area contributed by atoms with E-state index in [4.69, 9.17) is 5.11 Å². The molecule has 0 radical (unpaired) electrons. The molecule has 5 nitrogen and oxygen atoms in total. The fourth-order valence-electron chi connectivity index (χ4n) is 2.79. The third-order valence-corrected chi connectivity index (χ3v) is 3.92. The molecule has 1 aliphatic rings. The summed E-state index contributed by atoms with van der Waals surface area (Å²) in [5, 5.41) is 14.6. The van der Waals surface area contributed by atoms with Crippen LogP contribution < -0.4 is 10.6 Å². The highest BCUT2D eigenvalue weighted by Crippen LogP contribution is 2.25. The maximum Gasteiger partial charge on any atom is 0.315 e. The Morgan fingerprint density at radius 1 is 1.19 bits per heavy atom. The van der Waals surface area contributed by atoms with Crippen LogP contribution in [0.2, 0.25) is 0 Å². The van der Waals surface area contributed by atoms with E-state index in [0.717, 1.165) is 25.7 Å². The van der Waals surface area contributed by atoms with Gasteiger partial charge in [0.1, 0.15) is 0 Å². The molecule has 0 saturated heterocycles. The summed E-state index contributed by atoms with van der Waals surface area (Å²) in [6.45, 7) is 0.588. The molecule has 2 amide bonds. The largest absolute Gasteiger partial charge is 0.481 e. The van der Waals surface area contributed by atoms with Crippen molar-refractivity contribution in [3.63, 3.8) is 0 Å². The molecule has 1 saturated carbocycles. The monoisotopic (exact) mass is 290 g/mol. The van der Waals surface area contributed by atoms with Crippen LogP contribution in [0.1, 0.15) is 31.2 Å². The molecule has 2 atom stereocenters. The molecule has 2 rings (SSSR count). The Kier molecular flexibility index (Phi) is 5.60. The molecule has 0 heterocycles. The Balaban J connectivity index is 1.65. The molecular formula is C16H22N2O3. The van der Waals surface area contributed by atoms with E-state index in [0.29, 0.717) is 13.0 Å². The average molecular weight is 290 g/mol. The topological polar surface area (TPSA) is 78.4 Å². The number of aryl methyl sites for hydroxylation is 1. The number of rotatable bonds is 6. The van der Waals surface area contributed by atoms with Gasteiger partial charge in [-0.3, -0.25) is 4.79 Å². The normalized spacial score (nSPS) is 21.0. The predicted octanol–water partition coefficient (Wildman–Crippen LogP) is 2.17. The Bertz CT molecular complexity index is 476. The van der Waals surface area contributed by atoms with E-state index in [1.807, 2.05) is 18.2 Å². The molecule has 1 aromatic rings. The molecule has 5 heteroatoms. The molecule has 2 unspecified atom stereocenters. The number of hydrogen-bond acceptors (Lipinski definition) is 2. The first-order chi connectivity index (χ1) is 10.2. The first-order valence-electron chi connectivity index (χ1n) is 7.48. The van der Waals surface area contributed by atoms with Crippen molar-refractivity contribution < 1.29 is 14.7 Å². The first kappa shape index (κ1) is 15.4. The maximum absolute atomic E-state index is 11.8. The van der Waals surface area contributed by atoms with Crippen molar-refractivity contribution in [2.75, 3.05) is 6.54 Å². The minimum absolute atomic E-state index is 0.239. The predicted molar refractivity (Wildman–Crippen MR) is 80.1 cm³/mol. The van der Waals surface area contributed by atoms with Gasteiger partial charge in [-0.25, -0.2) is 4.79 Å². The zero-order chi connectivity index (χ0) is 15.1. The number of hydrogen-bond donors (Lipinski definition) is 3. The van der Waals surface area contributed by atoms with Gasteiger partial charge in [0.15, 0.2) is 0 Å². The van der Waals surface area contributed by atoms with Crippen molar-refractivity contribution >= 4 is 12.0 Å². The Morgan fingerprint density at radius 3 is 2.67 bits per heavy atom. The third kappa shape index (κ3) is 4.77. The standard InChI is InChI=1S/C16H22N2O3/c19-15(20)13-9-4-10-14(13)18-16(21)17-11-5-8-12-6-2-1-3-7-12/h1-3,6-7,13-14H,4-5,8-11H2,(H,19,20)(H2,17,18,21). The SMILES string of the molecule is O=C(NCCCc1ccccc1)NC1CCCC1C(=O)O. The van der Waals surface area contributed by atoms with E-state index < -0.39 is 11.9 Å². The van der Waals surface area contributed by atoms with E-state index in [-0.39, 0.29) is 12.1 Å². The van der Waals surface area contributed by atoms with Crippen molar-refractivity contribution in [2.45, 2.75) is 38.1 Å². The van der Waals surface area contributed by atoms with Crippen molar-refractivity contribution in [1.29, 1.82) is 0 Å². The summed E-state index contributed by atoms with van der Waals surface area (Å²) < 4.78 is 0. The number of nitrogens with one attached hydrogen (secondary N) is 2. The number of carboxylic acids is 1. The van der Waals surface area contributed by atoms with Crippen LogP contribution in [-0.4, -0.2) is 29.7 Å². The second-order valence-electron chi connectivity index (χ2n) is 5.47. The number of amides is 2. The molecule has 0 aliphatic heterocycles. The summed E-state index contributed by atoms with van der Waals surface area (Å²) in [5.74, 6) is -1.26. The van der Waals surface area contributed by atoms with E-state index in [9.17, 15) is 9.59 Å². The van der Waals surface area contributed by atoms with Crippen LogP contribution >= 0.6 is 0 Å². The van der Waals surface area contributed by atoms with E-state index in [1.165, 1.54) is 5.56 Å².